The van der Waals surface area contributed by atoms with Gasteiger partial charge < -0.3 is 20.9 Å². The molecule has 0 atom stereocenters. The number of nitrogens with zero attached hydrogens (tertiary/aromatic N) is 1. The molecule has 9 heteroatoms. The summed E-state index contributed by atoms with van der Waals surface area (Å²) in [5.41, 5.74) is 10.5. The van der Waals surface area contributed by atoms with Crippen LogP contribution in [-0.4, -0.2) is 23.9 Å². The van der Waals surface area contributed by atoms with Gasteiger partial charge in [-0.1, -0.05) is 0 Å². The van der Waals surface area contributed by atoms with Gasteiger partial charge in [0.25, 0.3) is 0 Å². The largest absolute Gasteiger partial charge is 0.573 e. The molecule has 0 saturated heterocycles. The highest BCUT2D eigenvalue weighted by Gasteiger charge is 2.34. The van der Waals surface area contributed by atoms with E-state index in [1.165, 1.54) is 0 Å². The van der Waals surface area contributed by atoms with Gasteiger partial charge in [-0.05, 0) is 13.0 Å². The Morgan fingerprint density at radius 3 is 2.60 bits per heavy atom. The van der Waals surface area contributed by atoms with Crippen molar-refractivity contribution in [2.24, 2.45) is 5.73 Å². The number of hydrogen-bond donors (Lipinski definition) is 2. The number of nitrogen functional groups attached to an aromatic ring is 1. The molecule has 0 aromatic carbocycles. The highest BCUT2D eigenvalue weighted by atomic mass is 19.4. The Labute approximate surface area is 112 Å². The van der Waals surface area contributed by atoms with Crippen LogP contribution in [0.25, 0.3) is 0 Å². The quantitative estimate of drug-likeness (QED) is 0.789. The molecule has 0 spiro atoms. The summed E-state index contributed by atoms with van der Waals surface area (Å²) < 4.78 is 45.4. The SMILES string of the molecule is CCOC(=O)Cc1nc(CN)cc(N)c1OC(F)(F)F. The molecular weight excluding hydrogens is 279 g/mol. The molecule has 0 radical (unpaired) electrons. The number of pyridine rings is 1. The Kier molecular flexibility index (Phi) is 5.14. The summed E-state index contributed by atoms with van der Waals surface area (Å²) in [5, 5.41) is 0. The predicted octanol–water partition coefficient (Wildman–Crippen LogP) is 1.13. The number of halogens is 3. The molecule has 0 bridgehead atoms. The van der Waals surface area contributed by atoms with Crippen molar-refractivity contribution in [3.63, 3.8) is 0 Å². The number of alkyl halides is 3. The van der Waals surface area contributed by atoms with E-state index in [1.54, 1.807) is 6.92 Å². The third kappa shape index (κ3) is 4.57. The summed E-state index contributed by atoms with van der Waals surface area (Å²) in [7, 11) is 0. The fraction of sp³-hybridized carbons (Fsp3) is 0.455. The van der Waals surface area contributed by atoms with Crippen LogP contribution in [0.15, 0.2) is 6.07 Å². The Morgan fingerprint density at radius 1 is 1.45 bits per heavy atom. The predicted molar refractivity (Wildman–Crippen MR) is 63.6 cm³/mol. The summed E-state index contributed by atoms with van der Waals surface area (Å²) in [6, 6.07) is 1.16. The van der Waals surface area contributed by atoms with Gasteiger partial charge in [0.15, 0.2) is 5.75 Å². The zero-order valence-corrected chi connectivity index (χ0v) is 10.7. The lowest BCUT2D eigenvalue weighted by molar-refractivity contribution is -0.274. The monoisotopic (exact) mass is 293 g/mol. The first kappa shape index (κ1) is 16.0. The van der Waals surface area contributed by atoms with Gasteiger partial charge in [0.05, 0.1) is 30.1 Å². The molecule has 1 heterocycles. The first-order chi connectivity index (χ1) is 9.26. The molecule has 0 unspecified atom stereocenters. The number of aromatic nitrogens is 1. The standard InChI is InChI=1S/C11H14F3N3O3/c1-2-19-9(18)4-8-10(20-11(12,13)14)7(16)3-6(5-15)17-8/h3H,2,4-5,15H2,1H3,(H2,16,17). The van der Waals surface area contributed by atoms with Gasteiger partial charge in [0, 0.05) is 6.54 Å². The van der Waals surface area contributed by atoms with Gasteiger partial charge in [-0.25, -0.2) is 0 Å². The van der Waals surface area contributed by atoms with Gasteiger partial charge in [-0.3, -0.25) is 9.78 Å². The van der Waals surface area contributed by atoms with Crippen LogP contribution in [0.2, 0.25) is 0 Å². The molecule has 1 rings (SSSR count). The van der Waals surface area contributed by atoms with Crippen LogP contribution in [0.3, 0.4) is 0 Å². The highest BCUT2D eigenvalue weighted by molar-refractivity contribution is 5.74. The number of carbonyl (C=O) groups is 1. The average molecular weight is 293 g/mol. The van der Waals surface area contributed by atoms with Crippen LogP contribution >= 0.6 is 0 Å². The molecule has 20 heavy (non-hydrogen) atoms. The van der Waals surface area contributed by atoms with E-state index in [0.29, 0.717) is 0 Å². The maximum Gasteiger partial charge on any atom is 0.573 e. The molecule has 0 saturated carbocycles. The van der Waals surface area contributed by atoms with Crippen molar-refractivity contribution in [1.29, 1.82) is 0 Å². The summed E-state index contributed by atoms with van der Waals surface area (Å²) in [6.07, 6.45) is -5.43. The van der Waals surface area contributed by atoms with E-state index in [0.717, 1.165) is 6.07 Å². The van der Waals surface area contributed by atoms with Gasteiger partial charge in [0.1, 0.15) is 0 Å². The van der Waals surface area contributed by atoms with Crippen molar-refractivity contribution < 1.29 is 27.4 Å². The first-order valence-corrected chi connectivity index (χ1v) is 5.66. The number of anilines is 1. The van der Waals surface area contributed by atoms with Crippen LogP contribution in [0.1, 0.15) is 18.3 Å². The Morgan fingerprint density at radius 2 is 2.10 bits per heavy atom. The molecular formula is C11H14F3N3O3. The topological polar surface area (TPSA) is 100 Å². The molecule has 1 aromatic heterocycles. The minimum atomic E-state index is -4.94. The van der Waals surface area contributed by atoms with Crippen LogP contribution < -0.4 is 16.2 Å². The number of ether oxygens (including phenoxy) is 2. The fourth-order valence-electron chi connectivity index (χ4n) is 1.47. The molecule has 112 valence electrons. The van der Waals surface area contributed by atoms with Crippen molar-refractivity contribution in [3.05, 3.63) is 17.5 Å². The van der Waals surface area contributed by atoms with E-state index in [-0.39, 0.29) is 30.2 Å². The second-order valence-electron chi connectivity index (χ2n) is 3.71. The summed E-state index contributed by atoms with van der Waals surface area (Å²) in [4.78, 5) is 15.2. The second kappa shape index (κ2) is 6.42. The van der Waals surface area contributed by atoms with Crippen LogP contribution in [-0.2, 0) is 22.5 Å². The minimum absolute atomic E-state index is 0.0354. The first-order valence-electron chi connectivity index (χ1n) is 5.66. The van der Waals surface area contributed by atoms with E-state index in [9.17, 15) is 18.0 Å². The minimum Gasteiger partial charge on any atom is -0.466 e. The number of carbonyl (C=O) groups excluding carboxylic acids is 1. The zero-order valence-electron chi connectivity index (χ0n) is 10.7. The number of rotatable bonds is 5. The third-order valence-electron chi connectivity index (χ3n) is 2.17. The molecule has 0 aliphatic rings. The van der Waals surface area contributed by atoms with Gasteiger partial charge in [-0.2, -0.15) is 0 Å². The molecule has 1 aromatic rings. The normalized spacial score (nSPS) is 11.2. The molecule has 0 aliphatic carbocycles. The van der Waals surface area contributed by atoms with Crippen molar-refractivity contribution in [2.45, 2.75) is 26.3 Å². The van der Waals surface area contributed by atoms with Crippen LogP contribution in [0.4, 0.5) is 18.9 Å². The lowest BCUT2D eigenvalue weighted by Gasteiger charge is -2.15. The van der Waals surface area contributed by atoms with Gasteiger partial charge in [0.2, 0.25) is 0 Å². The number of esters is 1. The lowest BCUT2D eigenvalue weighted by atomic mass is 10.2. The average Bonchev–Trinajstić information content (AvgIpc) is 2.32. The van der Waals surface area contributed by atoms with Gasteiger partial charge in [-0.15, -0.1) is 13.2 Å². The smallest absolute Gasteiger partial charge is 0.466 e. The molecule has 0 fully saturated rings. The molecule has 0 amide bonds. The molecule has 4 N–H and O–H groups in total. The lowest BCUT2D eigenvalue weighted by Crippen LogP contribution is -2.21. The molecule has 0 aliphatic heterocycles. The van der Waals surface area contributed by atoms with E-state index in [4.69, 9.17) is 11.5 Å². The molecule has 6 nitrogen and oxygen atoms in total. The van der Waals surface area contributed by atoms with E-state index >= 15 is 0 Å². The highest BCUT2D eigenvalue weighted by Crippen LogP contribution is 2.32. The fourth-order valence-corrected chi connectivity index (χ4v) is 1.47. The maximum atomic E-state index is 12.3. The van der Waals surface area contributed by atoms with E-state index in [2.05, 4.69) is 14.5 Å². The van der Waals surface area contributed by atoms with Crippen molar-refractivity contribution in [3.8, 4) is 5.75 Å². The second-order valence-corrected chi connectivity index (χ2v) is 3.71. The van der Waals surface area contributed by atoms with Gasteiger partial charge >= 0.3 is 12.3 Å². The van der Waals surface area contributed by atoms with E-state index in [1.807, 2.05) is 0 Å². The Hall–Kier alpha value is -2.03. The number of hydrogen-bond acceptors (Lipinski definition) is 6. The third-order valence-corrected chi connectivity index (χ3v) is 2.17. The van der Waals surface area contributed by atoms with Crippen molar-refractivity contribution in [2.75, 3.05) is 12.3 Å². The summed E-state index contributed by atoms with van der Waals surface area (Å²) >= 11 is 0. The van der Waals surface area contributed by atoms with Crippen LogP contribution in [0.5, 0.6) is 5.75 Å². The van der Waals surface area contributed by atoms with Crippen molar-refractivity contribution in [1.82, 2.24) is 4.98 Å². The number of nitrogens with two attached hydrogens (primary N) is 2. The van der Waals surface area contributed by atoms with Crippen LogP contribution in [0, 0.1) is 0 Å². The Balaban J connectivity index is 3.15. The maximum absolute atomic E-state index is 12.3. The summed E-state index contributed by atoms with van der Waals surface area (Å²) in [6.45, 7) is 1.63. The van der Waals surface area contributed by atoms with E-state index < -0.39 is 24.5 Å². The zero-order chi connectivity index (χ0) is 15.3. The Bertz CT molecular complexity index is 492. The summed E-state index contributed by atoms with van der Waals surface area (Å²) in [5.74, 6) is -1.44. The van der Waals surface area contributed by atoms with Crippen molar-refractivity contribution >= 4 is 11.7 Å².